The Hall–Kier alpha value is -1.94. The van der Waals surface area contributed by atoms with Gasteiger partial charge in [0.05, 0.1) is 13.7 Å². The number of carbonyl (C=O) groups is 2. The number of carbonyl (C=O) groups excluding carboxylic acids is 2. The third-order valence-corrected chi connectivity index (χ3v) is 4.43. The molecule has 4 heteroatoms. The molecule has 0 spiro atoms. The van der Waals surface area contributed by atoms with E-state index in [1.807, 2.05) is 30.3 Å². The van der Waals surface area contributed by atoms with Gasteiger partial charge >= 0.3 is 5.97 Å². The van der Waals surface area contributed by atoms with Crippen molar-refractivity contribution in [2.75, 3.05) is 7.11 Å². The van der Waals surface area contributed by atoms with Gasteiger partial charge in [-0.3, -0.25) is 9.59 Å². The van der Waals surface area contributed by atoms with Crippen LogP contribution in [0.15, 0.2) is 43.0 Å². The molecule has 1 aromatic carbocycles. The standard InChI is InChI=1S/C19H24O4/c1-3-19(23-14-15-8-5-4-6-9-15)13-16(12-17(19)20)10-7-11-18(21)22-2/h3-6,8-9,16H,1,7,10-14H2,2H3/t16?,19-/m0/s1. The van der Waals surface area contributed by atoms with Gasteiger partial charge in [-0.15, -0.1) is 0 Å². The Balaban J connectivity index is 1.89. The Morgan fingerprint density at radius 1 is 1.39 bits per heavy atom. The van der Waals surface area contributed by atoms with E-state index in [0.717, 1.165) is 18.4 Å². The minimum atomic E-state index is -0.883. The summed E-state index contributed by atoms with van der Waals surface area (Å²) in [7, 11) is 1.39. The predicted octanol–water partition coefficient (Wildman–Crippen LogP) is 3.45. The van der Waals surface area contributed by atoms with Crippen LogP contribution in [0.4, 0.5) is 0 Å². The van der Waals surface area contributed by atoms with Crippen molar-refractivity contribution in [2.45, 2.75) is 44.3 Å². The summed E-state index contributed by atoms with van der Waals surface area (Å²) in [6, 6.07) is 9.80. The Morgan fingerprint density at radius 2 is 2.13 bits per heavy atom. The van der Waals surface area contributed by atoms with Crippen molar-refractivity contribution < 1.29 is 19.1 Å². The summed E-state index contributed by atoms with van der Waals surface area (Å²) >= 11 is 0. The van der Waals surface area contributed by atoms with Crippen molar-refractivity contribution in [2.24, 2.45) is 5.92 Å². The minimum Gasteiger partial charge on any atom is -0.469 e. The van der Waals surface area contributed by atoms with Crippen LogP contribution in [0.3, 0.4) is 0 Å². The van der Waals surface area contributed by atoms with Crippen molar-refractivity contribution in [1.82, 2.24) is 0 Å². The molecule has 23 heavy (non-hydrogen) atoms. The molecule has 124 valence electrons. The maximum absolute atomic E-state index is 12.4. The Kier molecular flexibility index (Phi) is 6.11. The minimum absolute atomic E-state index is 0.0894. The van der Waals surface area contributed by atoms with Crippen LogP contribution in [0.25, 0.3) is 0 Å². The first-order chi connectivity index (χ1) is 11.1. The summed E-state index contributed by atoms with van der Waals surface area (Å²) in [5, 5.41) is 0. The fraction of sp³-hybridized carbons (Fsp3) is 0.474. The molecular formula is C19H24O4. The van der Waals surface area contributed by atoms with Gasteiger partial charge in [-0.1, -0.05) is 43.0 Å². The molecule has 0 saturated heterocycles. The average Bonchev–Trinajstić information content (AvgIpc) is 2.90. The zero-order chi connectivity index (χ0) is 16.7. The van der Waals surface area contributed by atoms with Crippen molar-refractivity contribution in [3.8, 4) is 0 Å². The Labute approximate surface area is 137 Å². The monoisotopic (exact) mass is 316 g/mol. The molecule has 2 atom stereocenters. The predicted molar refractivity (Wildman–Crippen MR) is 87.8 cm³/mol. The summed E-state index contributed by atoms with van der Waals surface area (Å²) in [6.07, 6.45) is 4.72. The number of methoxy groups -OCH3 is 1. The van der Waals surface area contributed by atoms with Crippen LogP contribution < -0.4 is 0 Å². The van der Waals surface area contributed by atoms with Crippen molar-refractivity contribution in [3.63, 3.8) is 0 Å². The van der Waals surface area contributed by atoms with E-state index in [9.17, 15) is 9.59 Å². The molecule has 0 aliphatic heterocycles. The van der Waals surface area contributed by atoms with Crippen LogP contribution in [0.1, 0.15) is 37.7 Å². The Morgan fingerprint density at radius 3 is 2.78 bits per heavy atom. The zero-order valence-corrected chi connectivity index (χ0v) is 13.6. The van der Waals surface area contributed by atoms with E-state index < -0.39 is 5.60 Å². The second kappa shape index (κ2) is 8.06. The lowest BCUT2D eigenvalue weighted by molar-refractivity contribution is -0.140. The highest BCUT2D eigenvalue weighted by Gasteiger charge is 2.45. The number of Topliss-reactive ketones (excluding diaryl/α,β-unsaturated/α-hetero) is 1. The van der Waals surface area contributed by atoms with E-state index in [4.69, 9.17) is 4.74 Å². The fourth-order valence-electron chi connectivity index (χ4n) is 3.07. The SMILES string of the molecule is C=C[C@]1(OCc2ccccc2)CC(CCCC(=O)OC)CC1=O. The van der Waals surface area contributed by atoms with E-state index in [2.05, 4.69) is 11.3 Å². The molecule has 1 unspecified atom stereocenters. The lowest BCUT2D eigenvalue weighted by Gasteiger charge is -2.24. The molecule has 0 heterocycles. The first-order valence-corrected chi connectivity index (χ1v) is 8.01. The van der Waals surface area contributed by atoms with Crippen LogP contribution >= 0.6 is 0 Å². The molecule has 0 aromatic heterocycles. The van der Waals surface area contributed by atoms with Crippen LogP contribution in [0, 0.1) is 5.92 Å². The smallest absolute Gasteiger partial charge is 0.305 e. The summed E-state index contributed by atoms with van der Waals surface area (Å²) in [6.45, 7) is 4.21. The Bertz CT molecular complexity index is 552. The maximum Gasteiger partial charge on any atom is 0.305 e. The normalized spacial score (nSPS) is 23.7. The molecule has 0 radical (unpaired) electrons. The molecule has 0 N–H and O–H groups in total. The first-order valence-electron chi connectivity index (χ1n) is 8.01. The molecule has 2 rings (SSSR count). The summed E-state index contributed by atoms with van der Waals surface area (Å²) in [4.78, 5) is 23.6. The third kappa shape index (κ3) is 4.52. The van der Waals surface area contributed by atoms with Gasteiger partial charge in [0, 0.05) is 12.8 Å². The number of hydrogen-bond acceptors (Lipinski definition) is 4. The second-order valence-corrected chi connectivity index (χ2v) is 6.03. The molecular weight excluding hydrogens is 292 g/mol. The highest BCUT2D eigenvalue weighted by atomic mass is 16.5. The van der Waals surface area contributed by atoms with Gasteiger partial charge in [-0.05, 0) is 30.7 Å². The second-order valence-electron chi connectivity index (χ2n) is 6.03. The maximum atomic E-state index is 12.4. The molecule has 1 saturated carbocycles. The van der Waals surface area contributed by atoms with Gasteiger partial charge in [0.2, 0.25) is 0 Å². The molecule has 1 aliphatic carbocycles. The van der Waals surface area contributed by atoms with Gasteiger partial charge in [0.25, 0.3) is 0 Å². The van der Waals surface area contributed by atoms with Crippen molar-refractivity contribution in [1.29, 1.82) is 0 Å². The summed E-state index contributed by atoms with van der Waals surface area (Å²) < 4.78 is 10.6. The molecule has 4 nitrogen and oxygen atoms in total. The summed E-state index contributed by atoms with van der Waals surface area (Å²) in [5.74, 6) is 0.122. The van der Waals surface area contributed by atoms with E-state index in [-0.39, 0.29) is 17.7 Å². The number of rotatable bonds is 8. The number of hydrogen-bond donors (Lipinski definition) is 0. The molecule has 0 amide bonds. The van der Waals surface area contributed by atoms with Crippen molar-refractivity contribution >= 4 is 11.8 Å². The van der Waals surface area contributed by atoms with Gasteiger partial charge in [0.15, 0.2) is 5.78 Å². The molecule has 1 fully saturated rings. The zero-order valence-electron chi connectivity index (χ0n) is 13.6. The molecule has 0 bridgehead atoms. The lowest BCUT2D eigenvalue weighted by atomic mass is 9.96. The topological polar surface area (TPSA) is 52.6 Å². The highest BCUT2D eigenvalue weighted by Crippen LogP contribution is 2.38. The molecule has 1 aliphatic rings. The van der Waals surface area contributed by atoms with E-state index in [1.54, 1.807) is 6.08 Å². The van der Waals surface area contributed by atoms with E-state index in [0.29, 0.717) is 25.9 Å². The van der Waals surface area contributed by atoms with E-state index >= 15 is 0 Å². The van der Waals surface area contributed by atoms with Gasteiger partial charge in [-0.25, -0.2) is 0 Å². The number of esters is 1. The average molecular weight is 316 g/mol. The molecule has 1 aromatic rings. The number of ether oxygens (including phenoxy) is 2. The van der Waals surface area contributed by atoms with Gasteiger partial charge in [0.1, 0.15) is 5.60 Å². The van der Waals surface area contributed by atoms with Crippen LogP contribution in [0.2, 0.25) is 0 Å². The quantitative estimate of drug-likeness (QED) is 0.544. The van der Waals surface area contributed by atoms with E-state index in [1.165, 1.54) is 7.11 Å². The largest absolute Gasteiger partial charge is 0.469 e. The lowest BCUT2D eigenvalue weighted by Crippen LogP contribution is -2.34. The van der Waals surface area contributed by atoms with Crippen LogP contribution in [-0.2, 0) is 25.7 Å². The van der Waals surface area contributed by atoms with Gasteiger partial charge < -0.3 is 9.47 Å². The van der Waals surface area contributed by atoms with Gasteiger partial charge in [-0.2, -0.15) is 0 Å². The van der Waals surface area contributed by atoms with Crippen LogP contribution in [0.5, 0.6) is 0 Å². The number of benzene rings is 1. The fourth-order valence-corrected chi connectivity index (χ4v) is 3.07. The first kappa shape index (κ1) is 17.4. The summed E-state index contributed by atoms with van der Waals surface area (Å²) in [5.41, 5.74) is 0.154. The number of ketones is 1. The third-order valence-electron chi connectivity index (χ3n) is 4.43. The highest BCUT2D eigenvalue weighted by molar-refractivity contribution is 5.91. The van der Waals surface area contributed by atoms with Crippen molar-refractivity contribution in [3.05, 3.63) is 48.6 Å². The van der Waals surface area contributed by atoms with Crippen LogP contribution in [-0.4, -0.2) is 24.5 Å².